The highest BCUT2D eigenvalue weighted by Crippen LogP contribution is 2.27. The Morgan fingerprint density at radius 1 is 1.44 bits per heavy atom. The lowest BCUT2D eigenvalue weighted by atomic mass is 9.80. The van der Waals surface area contributed by atoms with E-state index in [0.717, 1.165) is 5.69 Å². The number of aromatic nitrogens is 2. The van der Waals surface area contributed by atoms with Gasteiger partial charge in [0.1, 0.15) is 11.7 Å². The number of nitrogens with one attached hydrogen (secondary N) is 1. The Morgan fingerprint density at radius 3 is 2.33 bits per heavy atom. The monoisotopic (exact) mass is 253 g/mol. The molecule has 0 saturated carbocycles. The highest BCUT2D eigenvalue weighted by molar-refractivity contribution is 6.04. The number of nitrogens with zero attached hydrogens (tertiary/aromatic N) is 2. The maximum absolute atomic E-state index is 12.0. The molecule has 1 heterocycles. The predicted molar refractivity (Wildman–Crippen MR) is 67.2 cm³/mol. The van der Waals surface area contributed by atoms with Crippen LogP contribution in [0.3, 0.4) is 0 Å². The Balaban J connectivity index is 2.93. The number of rotatable bonds is 3. The number of aliphatic carboxylic acids is 1. The highest BCUT2D eigenvalue weighted by Gasteiger charge is 2.38. The fourth-order valence-corrected chi connectivity index (χ4v) is 1.80. The van der Waals surface area contributed by atoms with Gasteiger partial charge in [0.15, 0.2) is 0 Å². The van der Waals surface area contributed by atoms with Crippen molar-refractivity contribution in [1.29, 1.82) is 0 Å². The van der Waals surface area contributed by atoms with Crippen LogP contribution in [0.5, 0.6) is 0 Å². The molecule has 1 aromatic rings. The molecule has 0 aliphatic carbocycles. The van der Waals surface area contributed by atoms with Gasteiger partial charge in [0, 0.05) is 13.1 Å². The van der Waals surface area contributed by atoms with Crippen LogP contribution in [-0.4, -0.2) is 26.8 Å². The third kappa shape index (κ3) is 3.09. The first-order chi connectivity index (χ1) is 8.12. The van der Waals surface area contributed by atoms with Crippen LogP contribution in [0, 0.1) is 18.3 Å². The van der Waals surface area contributed by atoms with E-state index in [2.05, 4.69) is 10.4 Å². The Bertz CT molecular complexity index is 471. The lowest BCUT2D eigenvalue weighted by Crippen LogP contribution is -2.39. The van der Waals surface area contributed by atoms with Gasteiger partial charge in [-0.05, 0) is 12.3 Å². The first-order valence-corrected chi connectivity index (χ1v) is 5.67. The summed E-state index contributed by atoms with van der Waals surface area (Å²) in [6, 6.07) is 1.69. The van der Waals surface area contributed by atoms with Crippen LogP contribution in [0.25, 0.3) is 0 Å². The molecular weight excluding hydrogens is 234 g/mol. The maximum Gasteiger partial charge on any atom is 0.316 e. The minimum Gasteiger partial charge on any atom is -0.481 e. The van der Waals surface area contributed by atoms with Crippen LogP contribution in [0.2, 0.25) is 0 Å². The van der Waals surface area contributed by atoms with E-state index in [9.17, 15) is 9.59 Å². The molecule has 18 heavy (non-hydrogen) atoms. The van der Waals surface area contributed by atoms with Crippen molar-refractivity contribution < 1.29 is 14.7 Å². The Labute approximate surface area is 106 Å². The summed E-state index contributed by atoms with van der Waals surface area (Å²) in [5, 5.41) is 15.8. The van der Waals surface area contributed by atoms with E-state index in [1.54, 1.807) is 40.8 Å². The van der Waals surface area contributed by atoms with Crippen molar-refractivity contribution in [3.8, 4) is 0 Å². The third-order valence-corrected chi connectivity index (χ3v) is 2.63. The van der Waals surface area contributed by atoms with Crippen LogP contribution in [0.4, 0.5) is 5.82 Å². The van der Waals surface area contributed by atoms with E-state index in [-0.39, 0.29) is 0 Å². The van der Waals surface area contributed by atoms with E-state index >= 15 is 0 Å². The van der Waals surface area contributed by atoms with Gasteiger partial charge in [0.05, 0.1) is 5.69 Å². The predicted octanol–water partition coefficient (Wildman–Crippen LogP) is 1.41. The number of carbonyl (C=O) groups excluding carboxylic acids is 1. The van der Waals surface area contributed by atoms with Gasteiger partial charge in [-0.2, -0.15) is 5.10 Å². The molecule has 1 amide bonds. The molecule has 0 saturated heterocycles. The van der Waals surface area contributed by atoms with Gasteiger partial charge < -0.3 is 10.4 Å². The lowest BCUT2D eigenvalue weighted by molar-refractivity contribution is -0.149. The van der Waals surface area contributed by atoms with Crippen molar-refractivity contribution in [2.24, 2.45) is 18.4 Å². The molecule has 6 nitrogen and oxygen atoms in total. The van der Waals surface area contributed by atoms with Crippen molar-refractivity contribution >= 4 is 17.7 Å². The zero-order chi connectivity index (χ0) is 14.1. The SMILES string of the molecule is Cc1cc(NC(=O)C(C(=O)O)C(C)(C)C)n(C)n1. The number of aryl methyl sites for hydroxylation is 2. The number of carboxylic acid groups (broad SMARTS) is 1. The van der Waals surface area contributed by atoms with Gasteiger partial charge >= 0.3 is 5.97 Å². The van der Waals surface area contributed by atoms with E-state index in [1.807, 2.05) is 0 Å². The lowest BCUT2D eigenvalue weighted by Gasteiger charge is -2.25. The molecule has 1 rings (SSSR count). The van der Waals surface area contributed by atoms with E-state index in [1.165, 1.54) is 4.68 Å². The van der Waals surface area contributed by atoms with Gasteiger partial charge in [-0.25, -0.2) is 0 Å². The molecular formula is C12H19N3O3. The number of carbonyl (C=O) groups is 2. The first kappa shape index (κ1) is 14.2. The summed E-state index contributed by atoms with van der Waals surface area (Å²) >= 11 is 0. The maximum atomic E-state index is 12.0. The molecule has 1 aromatic heterocycles. The van der Waals surface area contributed by atoms with E-state index in [0.29, 0.717) is 5.82 Å². The minimum atomic E-state index is -1.13. The van der Waals surface area contributed by atoms with Crippen molar-refractivity contribution in [3.63, 3.8) is 0 Å². The second kappa shape index (κ2) is 4.80. The largest absolute Gasteiger partial charge is 0.481 e. The summed E-state index contributed by atoms with van der Waals surface area (Å²) in [6.07, 6.45) is 0. The zero-order valence-electron chi connectivity index (χ0n) is 11.3. The first-order valence-electron chi connectivity index (χ1n) is 5.67. The van der Waals surface area contributed by atoms with E-state index < -0.39 is 23.2 Å². The summed E-state index contributed by atoms with van der Waals surface area (Å²) < 4.78 is 1.51. The van der Waals surface area contributed by atoms with Crippen LogP contribution in [0.1, 0.15) is 26.5 Å². The summed E-state index contributed by atoms with van der Waals surface area (Å²) in [4.78, 5) is 23.2. The van der Waals surface area contributed by atoms with Crippen LogP contribution in [-0.2, 0) is 16.6 Å². The number of anilines is 1. The van der Waals surface area contributed by atoms with Crippen molar-refractivity contribution in [1.82, 2.24) is 9.78 Å². The van der Waals surface area contributed by atoms with Crippen LogP contribution in [0.15, 0.2) is 6.07 Å². The molecule has 1 atom stereocenters. The van der Waals surface area contributed by atoms with Crippen molar-refractivity contribution in [3.05, 3.63) is 11.8 Å². The number of hydrogen-bond donors (Lipinski definition) is 2. The zero-order valence-corrected chi connectivity index (χ0v) is 11.3. The summed E-state index contributed by atoms with van der Waals surface area (Å²) in [5.74, 6) is -2.27. The average molecular weight is 253 g/mol. The van der Waals surface area contributed by atoms with Crippen molar-refractivity contribution in [2.45, 2.75) is 27.7 Å². The van der Waals surface area contributed by atoms with Gasteiger partial charge in [-0.1, -0.05) is 20.8 Å². The van der Waals surface area contributed by atoms with Gasteiger partial charge in [0.2, 0.25) is 5.91 Å². The Morgan fingerprint density at radius 2 is 2.00 bits per heavy atom. The topological polar surface area (TPSA) is 84.2 Å². The van der Waals surface area contributed by atoms with Gasteiger partial charge in [-0.3, -0.25) is 14.3 Å². The van der Waals surface area contributed by atoms with Crippen LogP contribution >= 0.6 is 0 Å². The number of hydrogen-bond acceptors (Lipinski definition) is 3. The molecule has 0 bridgehead atoms. The molecule has 6 heteroatoms. The molecule has 0 aliphatic rings. The smallest absolute Gasteiger partial charge is 0.316 e. The Hall–Kier alpha value is -1.85. The third-order valence-electron chi connectivity index (χ3n) is 2.63. The standard InChI is InChI=1S/C12H19N3O3/c1-7-6-8(15(5)14-7)13-10(16)9(11(17)18)12(2,3)4/h6,9H,1-5H3,(H,13,16)(H,17,18). The molecule has 0 aromatic carbocycles. The molecule has 1 unspecified atom stereocenters. The molecule has 0 fully saturated rings. The van der Waals surface area contributed by atoms with Crippen LogP contribution < -0.4 is 5.32 Å². The normalized spacial score (nSPS) is 13.2. The molecule has 0 spiro atoms. The van der Waals surface area contributed by atoms with Gasteiger partial charge in [0.25, 0.3) is 0 Å². The molecule has 100 valence electrons. The fraction of sp³-hybridized carbons (Fsp3) is 0.583. The highest BCUT2D eigenvalue weighted by atomic mass is 16.4. The summed E-state index contributed by atoms with van der Waals surface area (Å²) in [5.41, 5.74) is 0.110. The Kier molecular flexibility index (Phi) is 3.79. The molecule has 0 aliphatic heterocycles. The summed E-state index contributed by atoms with van der Waals surface area (Å²) in [7, 11) is 1.69. The summed E-state index contributed by atoms with van der Waals surface area (Å²) in [6.45, 7) is 6.97. The quantitative estimate of drug-likeness (QED) is 0.798. The second-order valence-corrected chi connectivity index (χ2v) is 5.42. The number of amides is 1. The average Bonchev–Trinajstić information content (AvgIpc) is 2.41. The second-order valence-electron chi connectivity index (χ2n) is 5.42. The molecule has 0 radical (unpaired) electrons. The van der Waals surface area contributed by atoms with E-state index in [4.69, 9.17) is 5.11 Å². The minimum absolute atomic E-state index is 0.494. The molecule has 2 N–H and O–H groups in total. The fourth-order valence-electron chi connectivity index (χ4n) is 1.80. The van der Waals surface area contributed by atoms with Gasteiger partial charge in [-0.15, -0.1) is 0 Å². The number of carboxylic acids is 1. The van der Waals surface area contributed by atoms with Crippen molar-refractivity contribution in [2.75, 3.05) is 5.32 Å².